The lowest BCUT2D eigenvalue weighted by Crippen LogP contribution is -2.29. The second kappa shape index (κ2) is 11.9. The maximum Gasteiger partial charge on any atom is 0.160 e. The molecular formula is C54H34N2. The van der Waals surface area contributed by atoms with Gasteiger partial charge in [0.1, 0.15) is 0 Å². The van der Waals surface area contributed by atoms with Crippen LogP contribution in [0.4, 0.5) is 0 Å². The molecule has 0 aliphatic heterocycles. The van der Waals surface area contributed by atoms with E-state index in [2.05, 4.69) is 194 Å². The predicted octanol–water partition coefficient (Wildman–Crippen LogP) is 13.1. The molecule has 8 aromatic carbocycles. The predicted molar refractivity (Wildman–Crippen MR) is 228 cm³/mol. The first-order valence-corrected chi connectivity index (χ1v) is 19.5. The van der Waals surface area contributed by atoms with E-state index in [1.54, 1.807) is 0 Å². The second-order valence-corrected chi connectivity index (χ2v) is 15.2. The van der Waals surface area contributed by atoms with Crippen LogP contribution in [0.3, 0.4) is 0 Å². The van der Waals surface area contributed by atoms with Crippen LogP contribution in [0.25, 0.3) is 78.4 Å². The van der Waals surface area contributed by atoms with E-state index in [9.17, 15) is 0 Å². The molecular weight excluding hydrogens is 677 g/mol. The summed E-state index contributed by atoms with van der Waals surface area (Å²) in [6, 6.07) is 71.2. The fourth-order valence-corrected chi connectivity index (χ4v) is 9.98. The van der Waals surface area contributed by atoms with Crippen LogP contribution in [0.15, 0.2) is 194 Å². The lowest BCUT2D eigenvalue weighted by Gasteiger charge is -2.35. The van der Waals surface area contributed by atoms with Crippen molar-refractivity contribution in [2.24, 2.45) is 0 Å². The van der Waals surface area contributed by atoms with E-state index in [-0.39, 0.29) is 0 Å². The summed E-state index contributed by atoms with van der Waals surface area (Å²) in [6.45, 7) is 0. The zero-order valence-electron chi connectivity index (χ0n) is 30.6. The molecule has 260 valence electrons. The molecule has 0 N–H and O–H groups in total. The van der Waals surface area contributed by atoms with Gasteiger partial charge in [0, 0.05) is 16.7 Å². The molecule has 9 aromatic rings. The average molecular weight is 711 g/mol. The SMILES string of the molecule is c1ccc(-c2cc(-c3ccc4c(c3)-c3ccccc3-c3ccccc3C43c4ccccc4-c4ccccc43)nc(-c3ccc4c(c3)Cc3ccccc3-4)n2)cc1. The van der Waals surface area contributed by atoms with Crippen molar-refractivity contribution in [2.75, 3.05) is 0 Å². The normalized spacial score (nSPS) is 13.4. The maximum absolute atomic E-state index is 5.39. The lowest BCUT2D eigenvalue weighted by molar-refractivity contribution is 0.775. The fraction of sp³-hybridized carbons (Fsp3) is 0.0370. The van der Waals surface area contributed by atoms with Crippen LogP contribution < -0.4 is 0 Å². The zero-order valence-corrected chi connectivity index (χ0v) is 30.6. The Balaban J connectivity index is 1.11. The number of fused-ring (bicyclic) bond motifs is 15. The number of nitrogens with zero attached hydrogens (tertiary/aromatic N) is 2. The minimum atomic E-state index is -0.509. The summed E-state index contributed by atoms with van der Waals surface area (Å²) >= 11 is 0. The number of rotatable bonds is 3. The molecule has 56 heavy (non-hydrogen) atoms. The molecule has 12 rings (SSSR count). The molecule has 3 aliphatic rings. The van der Waals surface area contributed by atoms with E-state index < -0.39 is 5.41 Å². The van der Waals surface area contributed by atoms with Crippen molar-refractivity contribution >= 4 is 0 Å². The summed E-state index contributed by atoms with van der Waals surface area (Å²) in [5.41, 5.74) is 22.6. The molecule has 1 heterocycles. The molecule has 0 saturated carbocycles. The molecule has 2 heteroatoms. The average Bonchev–Trinajstić information content (AvgIpc) is 3.76. The van der Waals surface area contributed by atoms with Crippen molar-refractivity contribution in [2.45, 2.75) is 11.8 Å². The Hall–Kier alpha value is -7.16. The van der Waals surface area contributed by atoms with E-state index >= 15 is 0 Å². The first-order valence-electron chi connectivity index (χ1n) is 19.5. The molecule has 0 radical (unpaired) electrons. The Bertz CT molecular complexity index is 3020. The van der Waals surface area contributed by atoms with Gasteiger partial charge in [-0.15, -0.1) is 0 Å². The number of hydrogen-bond donors (Lipinski definition) is 0. The smallest absolute Gasteiger partial charge is 0.160 e. The van der Waals surface area contributed by atoms with E-state index in [4.69, 9.17) is 9.97 Å². The Morgan fingerprint density at radius 2 is 0.786 bits per heavy atom. The first kappa shape index (κ1) is 31.2. The Labute approximate surface area is 326 Å². The van der Waals surface area contributed by atoms with Crippen LogP contribution in [0.1, 0.15) is 33.4 Å². The molecule has 0 bridgehead atoms. The number of benzene rings is 8. The van der Waals surface area contributed by atoms with Crippen molar-refractivity contribution in [3.63, 3.8) is 0 Å². The van der Waals surface area contributed by atoms with Crippen molar-refractivity contribution < 1.29 is 0 Å². The van der Waals surface area contributed by atoms with Gasteiger partial charge in [-0.05, 0) is 103 Å². The summed E-state index contributed by atoms with van der Waals surface area (Å²) < 4.78 is 0. The summed E-state index contributed by atoms with van der Waals surface area (Å²) in [6.07, 6.45) is 0.922. The summed E-state index contributed by atoms with van der Waals surface area (Å²) in [7, 11) is 0. The Kier molecular flexibility index (Phi) is 6.64. The van der Waals surface area contributed by atoms with Gasteiger partial charge in [-0.2, -0.15) is 0 Å². The highest BCUT2D eigenvalue weighted by molar-refractivity contribution is 5.98. The molecule has 0 fully saturated rings. The van der Waals surface area contributed by atoms with Crippen LogP contribution >= 0.6 is 0 Å². The largest absolute Gasteiger partial charge is 0.228 e. The van der Waals surface area contributed by atoms with Gasteiger partial charge in [0.2, 0.25) is 0 Å². The molecule has 1 aromatic heterocycles. The first-order chi connectivity index (χ1) is 27.8. The van der Waals surface area contributed by atoms with E-state index in [1.807, 2.05) is 0 Å². The van der Waals surface area contributed by atoms with Crippen LogP contribution in [0.5, 0.6) is 0 Å². The topological polar surface area (TPSA) is 25.8 Å². The van der Waals surface area contributed by atoms with Gasteiger partial charge in [-0.3, -0.25) is 0 Å². The van der Waals surface area contributed by atoms with Crippen molar-refractivity contribution in [3.8, 4) is 78.4 Å². The number of hydrogen-bond acceptors (Lipinski definition) is 2. The molecule has 0 unspecified atom stereocenters. The highest BCUT2D eigenvalue weighted by Crippen LogP contribution is 2.61. The maximum atomic E-state index is 5.39. The van der Waals surface area contributed by atoms with E-state index in [0.717, 1.165) is 40.3 Å². The van der Waals surface area contributed by atoms with Gasteiger partial charge in [0.15, 0.2) is 5.82 Å². The zero-order chi connectivity index (χ0) is 36.8. The van der Waals surface area contributed by atoms with Crippen LogP contribution in [-0.2, 0) is 11.8 Å². The van der Waals surface area contributed by atoms with Crippen molar-refractivity contribution in [3.05, 3.63) is 228 Å². The summed E-state index contributed by atoms with van der Waals surface area (Å²) in [5, 5.41) is 0. The molecule has 3 aliphatic carbocycles. The highest BCUT2D eigenvalue weighted by Gasteiger charge is 2.49. The van der Waals surface area contributed by atoms with E-state index in [1.165, 1.54) is 77.9 Å². The van der Waals surface area contributed by atoms with Crippen LogP contribution in [0, 0.1) is 0 Å². The second-order valence-electron chi connectivity index (χ2n) is 15.2. The van der Waals surface area contributed by atoms with Crippen LogP contribution in [-0.4, -0.2) is 9.97 Å². The third-order valence-corrected chi connectivity index (χ3v) is 12.4. The van der Waals surface area contributed by atoms with Gasteiger partial charge in [0.25, 0.3) is 0 Å². The Morgan fingerprint density at radius 1 is 0.304 bits per heavy atom. The molecule has 1 spiro atoms. The van der Waals surface area contributed by atoms with Crippen LogP contribution in [0.2, 0.25) is 0 Å². The lowest BCUT2D eigenvalue weighted by atomic mass is 9.66. The van der Waals surface area contributed by atoms with Gasteiger partial charge < -0.3 is 0 Å². The van der Waals surface area contributed by atoms with E-state index in [0.29, 0.717) is 0 Å². The van der Waals surface area contributed by atoms with Gasteiger partial charge in [-0.1, -0.05) is 176 Å². The van der Waals surface area contributed by atoms with Crippen molar-refractivity contribution in [1.82, 2.24) is 9.97 Å². The van der Waals surface area contributed by atoms with Gasteiger partial charge in [-0.25, -0.2) is 9.97 Å². The third-order valence-electron chi connectivity index (χ3n) is 12.4. The highest BCUT2D eigenvalue weighted by atomic mass is 14.9. The van der Waals surface area contributed by atoms with Gasteiger partial charge in [0.05, 0.1) is 16.8 Å². The Morgan fingerprint density at radius 3 is 1.46 bits per heavy atom. The number of aromatic nitrogens is 2. The van der Waals surface area contributed by atoms with Gasteiger partial charge >= 0.3 is 0 Å². The third kappa shape index (κ3) is 4.38. The molecule has 0 atom stereocenters. The summed E-state index contributed by atoms with van der Waals surface area (Å²) in [4.78, 5) is 10.6. The van der Waals surface area contributed by atoms with Crippen molar-refractivity contribution in [1.29, 1.82) is 0 Å². The molecule has 0 amide bonds. The molecule has 0 saturated heterocycles. The minimum Gasteiger partial charge on any atom is -0.228 e. The summed E-state index contributed by atoms with van der Waals surface area (Å²) in [5.74, 6) is 0.734. The standard InChI is InChI=1S/C54H34N2/c1-2-14-34(15-3-1)51-33-52(56-53(55-51)37-26-28-40-38(31-37)30-35-16-4-5-17-39(35)40)36-27-29-50-46(32-36)42-19-7-6-18-41(42)43-20-8-11-23-47(43)54(50)48-24-12-9-21-44(48)45-22-10-13-25-49(45)54/h1-29,31-33H,30H2. The molecule has 2 nitrogen and oxygen atoms in total. The monoisotopic (exact) mass is 710 g/mol. The fourth-order valence-electron chi connectivity index (χ4n) is 9.98. The quantitative estimate of drug-likeness (QED) is 0.182. The minimum absolute atomic E-state index is 0.509.